The monoisotopic (exact) mass is 624 g/mol. The highest BCUT2D eigenvalue weighted by molar-refractivity contribution is 9.10. The van der Waals surface area contributed by atoms with Crippen molar-refractivity contribution in [3.63, 3.8) is 0 Å². The summed E-state index contributed by atoms with van der Waals surface area (Å²) in [6.07, 6.45) is 0. The van der Waals surface area contributed by atoms with Gasteiger partial charge in [-0.05, 0) is 57.2 Å². The number of hydrogen-bond donors (Lipinski definition) is 0. The minimum atomic E-state index is -0.847. The Bertz CT molecular complexity index is 1770. The van der Waals surface area contributed by atoms with Gasteiger partial charge >= 0.3 is 0 Å². The molecule has 2 aliphatic rings. The lowest BCUT2D eigenvalue weighted by Crippen LogP contribution is -2.43. The standard InChI is InChI=1S/C29H29BrN4O5S/c1-7-33(8-2)27(36)22-15(3)31-29-34(24(22)19-14-17(38-5)10-12-21(19)39-6)28(37)25(40-29)23-18-13-16(30)9-11-20(18)32(4)26(23)35/h9-14,24H,7-8H2,1-6H3/b25-23+/t24-/m0/s1. The zero-order valence-corrected chi connectivity index (χ0v) is 25.5. The highest BCUT2D eigenvalue weighted by Gasteiger charge is 2.38. The molecule has 2 aromatic carbocycles. The van der Waals surface area contributed by atoms with Crippen LogP contribution in [0.3, 0.4) is 0 Å². The lowest BCUT2D eigenvalue weighted by molar-refractivity contribution is -0.127. The number of methoxy groups -OCH3 is 2. The third-order valence-electron chi connectivity index (χ3n) is 7.34. The summed E-state index contributed by atoms with van der Waals surface area (Å²) < 4.78 is 13.8. The first-order valence-electron chi connectivity index (χ1n) is 12.8. The van der Waals surface area contributed by atoms with Gasteiger partial charge in [0.05, 0.1) is 36.8 Å². The minimum absolute atomic E-state index is 0.218. The summed E-state index contributed by atoms with van der Waals surface area (Å²) in [5.74, 6) is 0.556. The normalized spacial score (nSPS) is 17.4. The molecule has 1 atom stereocenters. The highest BCUT2D eigenvalue weighted by Crippen LogP contribution is 2.39. The largest absolute Gasteiger partial charge is 0.497 e. The third-order valence-corrected chi connectivity index (χ3v) is 8.89. The molecular weight excluding hydrogens is 596 g/mol. The zero-order valence-electron chi connectivity index (χ0n) is 23.1. The Morgan fingerprint density at radius 2 is 1.82 bits per heavy atom. The Kier molecular flexibility index (Phi) is 7.45. The predicted octanol–water partition coefficient (Wildman–Crippen LogP) is 3.23. The van der Waals surface area contributed by atoms with Crippen molar-refractivity contribution in [1.82, 2.24) is 9.47 Å². The number of thiazole rings is 1. The second kappa shape index (κ2) is 10.7. The van der Waals surface area contributed by atoms with Gasteiger partial charge in [0.15, 0.2) is 4.80 Å². The van der Waals surface area contributed by atoms with Gasteiger partial charge in [-0.2, -0.15) is 0 Å². The maximum absolute atomic E-state index is 14.4. The van der Waals surface area contributed by atoms with Crippen molar-refractivity contribution in [1.29, 1.82) is 0 Å². The molecule has 0 unspecified atom stereocenters. The number of aromatic nitrogens is 1. The summed E-state index contributed by atoms with van der Waals surface area (Å²) in [6.45, 7) is 6.59. The lowest BCUT2D eigenvalue weighted by atomic mass is 9.93. The van der Waals surface area contributed by atoms with Gasteiger partial charge in [0.1, 0.15) is 22.1 Å². The van der Waals surface area contributed by atoms with Crippen LogP contribution in [0.15, 0.2) is 61.9 Å². The summed E-state index contributed by atoms with van der Waals surface area (Å²) in [5, 5.41) is 0. The summed E-state index contributed by atoms with van der Waals surface area (Å²) >= 11 is 4.64. The van der Waals surface area contributed by atoms with Crippen LogP contribution >= 0.6 is 27.3 Å². The second-order valence-electron chi connectivity index (χ2n) is 9.39. The summed E-state index contributed by atoms with van der Waals surface area (Å²) in [5.41, 5.74) is 2.76. The number of likely N-dealkylation sites (N-methyl/N-ethyl adjacent to an activating group) is 2. The van der Waals surface area contributed by atoms with E-state index in [9.17, 15) is 14.4 Å². The van der Waals surface area contributed by atoms with E-state index in [0.29, 0.717) is 63.0 Å². The van der Waals surface area contributed by atoms with E-state index in [0.717, 1.165) is 15.8 Å². The topological polar surface area (TPSA) is 93.4 Å². The Hall–Kier alpha value is -3.70. The molecular formula is C29H29BrN4O5S. The Morgan fingerprint density at radius 3 is 2.48 bits per heavy atom. The van der Waals surface area contributed by atoms with Gasteiger partial charge in [-0.25, -0.2) is 4.99 Å². The van der Waals surface area contributed by atoms with Crippen LogP contribution in [0.5, 0.6) is 11.5 Å². The van der Waals surface area contributed by atoms with Crippen molar-refractivity contribution in [3.8, 4) is 11.5 Å². The SMILES string of the molecule is CCN(CC)C(=O)C1=C(C)N=c2s/c(=C3/C(=O)N(C)c4ccc(Br)cc43)c(=O)n2[C@H]1c1cc(OC)ccc1OC. The van der Waals surface area contributed by atoms with Crippen molar-refractivity contribution in [3.05, 3.63) is 83.0 Å². The van der Waals surface area contributed by atoms with Crippen molar-refractivity contribution >= 4 is 50.3 Å². The first kappa shape index (κ1) is 27.9. The van der Waals surface area contributed by atoms with Crippen LogP contribution in [0.2, 0.25) is 0 Å². The molecule has 0 bridgehead atoms. The van der Waals surface area contributed by atoms with Gasteiger partial charge in [-0.1, -0.05) is 27.3 Å². The van der Waals surface area contributed by atoms with Crippen LogP contribution in [-0.4, -0.2) is 55.6 Å². The molecule has 9 nitrogen and oxygen atoms in total. The van der Waals surface area contributed by atoms with Crippen LogP contribution in [0.1, 0.15) is 37.9 Å². The van der Waals surface area contributed by atoms with Crippen LogP contribution in [0.25, 0.3) is 5.57 Å². The number of anilines is 1. The molecule has 40 heavy (non-hydrogen) atoms. The molecule has 3 heterocycles. The quantitative estimate of drug-likeness (QED) is 0.420. The van der Waals surface area contributed by atoms with E-state index in [-0.39, 0.29) is 16.3 Å². The molecule has 5 rings (SSSR count). The summed E-state index contributed by atoms with van der Waals surface area (Å²) in [4.78, 5) is 50.2. The predicted molar refractivity (Wildman–Crippen MR) is 158 cm³/mol. The molecule has 0 fully saturated rings. The van der Waals surface area contributed by atoms with Gasteiger partial charge in [0.25, 0.3) is 17.4 Å². The average molecular weight is 626 g/mol. The smallest absolute Gasteiger partial charge is 0.271 e. The van der Waals surface area contributed by atoms with E-state index in [1.54, 1.807) is 56.2 Å². The first-order chi connectivity index (χ1) is 19.2. The number of hydrogen-bond acceptors (Lipinski definition) is 7. The third kappa shape index (κ3) is 4.28. The molecule has 0 spiro atoms. The average Bonchev–Trinajstić information content (AvgIpc) is 3.39. The van der Waals surface area contributed by atoms with E-state index in [2.05, 4.69) is 15.9 Å². The van der Waals surface area contributed by atoms with Gasteiger partial charge in [0, 0.05) is 35.7 Å². The fourth-order valence-corrected chi connectivity index (χ4v) is 6.78. The molecule has 0 aliphatic carbocycles. The molecule has 11 heteroatoms. The maximum atomic E-state index is 14.4. The molecule has 208 valence electrons. The Morgan fingerprint density at radius 1 is 1.10 bits per heavy atom. The van der Waals surface area contributed by atoms with E-state index in [4.69, 9.17) is 14.5 Å². The van der Waals surface area contributed by atoms with Crippen molar-refractivity contribution < 1.29 is 19.1 Å². The highest BCUT2D eigenvalue weighted by atomic mass is 79.9. The van der Waals surface area contributed by atoms with Gasteiger partial charge in [0.2, 0.25) is 0 Å². The fourth-order valence-electron chi connectivity index (χ4n) is 5.29. The van der Waals surface area contributed by atoms with Gasteiger partial charge < -0.3 is 19.3 Å². The molecule has 0 N–H and O–H groups in total. The number of amides is 2. The van der Waals surface area contributed by atoms with Gasteiger partial charge in [-0.15, -0.1) is 0 Å². The molecule has 3 aromatic rings. The van der Waals surface area contributed by atoms with Crippen molar-refractivity contribution in [2.75, 3.05) is 39.3 Å². The lowest BCUT2D eigenvalue weighted by Gasteiger charge is -2.30. The first-order valence-corrected chi connectivity index (χ1v) is 14.4. The molecule has 2 aliphatic heterocycles. The number of allylic oxidation sites excluding steroid dienone is 1. The van der Waals surface area contributed by atoms with Crippen LogP contribution < -0.4 is 29.3 Å². The number of carbonyl (C=O) groups is 2. The number of carbonyl (C=O) groups excluding carboxylic acids is 2. The van der Waals surface area contributed by atoms with Gasteiger partial charge in [-0.3, -0.25) is 19.0 Å². The molecule has 0 radical (unpaired) electrons. The fraction of sp³-hybridized carbons (Fsp3) is 0.310. The summed E-state index contributed by atoms with van der Waals surface area (Å²) in [6, 6.07) is 9.99. The molecule has 0 saturated carbocycles. The van der Waals surface area contributed by atoms with E-state index >= 15 is 0 Å². The zero-order chi connectivity index (χ0) is 28.9. The van der Waals surface area contributed by atoms with Crippen LogP contribution in [0.4, 0.5) is 5.69 Å². The van der Waals surface area contributed by atoms with Crippen LogP contribution in [0, 0.1) is 0 Å². The molecule has 0 saturated heterocycles. The van der Waals surface area contributed by atoms with Crippen molar-refractivity contribution in [2.24, 2.45) is 4.99 Å². The number of fused-ring (bicyclic) bond motifs is 2. The van der Waals surface area contributed by atoms with E-state index < -0.39 is 11.6 Å². The molecule has 1 aromatic heterocycles. The van der Waals surface area contributed by atoms with Crippen LogP contribution in [-0.2, 0) is 9.59 Å². The number of benzene rings is 2. The maximum Gasteiger partial charge on any atom is 0.271 e. The number of ether oxygens (including phenoxy) is 2. The summed E-state index contributed by atoms with van der Waals surface area (Å²) in [7, 11) is 4.79. The second-order valence-corrected chi connectivity index (χ2v) is 11.3. The Labute approximate surface area is 243 Å². The number of rotatable bonds is 6. The van der Waals surface area contributed by atoms with E-state index in [1.165, 1.54) is 4.57 Å². The molecule has 2 amide bonds. The number of nitrogens with zero attached hydrogens (tertiary/aromatic N) is 4. The minimum Gasteiger partial charge on any atom is -0.497 e. The number of halogens is 1. The van der Waals surface area contributed by atoms with E-state index in [1.807, 2.05) is 32.0 Å². The Balaban J connectivity index is 1.88. The van der Waals surface area contributed by atoms with Crippen molar-refractivity contribution in [2.45, 2.75) is 26.8 Å².